The third-order valence-corrected chi connectivity index (χ3v) is 4.66. The van der Waals surface area contributed by atoms with Crippen LogP contribution in [0.4, 0.5) is 5.82 Å². The molecule has 3 nitrogen and oxygen atoms in total. The highest BCUT2D eigenvalue weighted by atomic mass is 15.1. The topological polar surface area (TPSA) is 42.2 Å². The van der Waals surface area contributed by atoms with Crippen molar-refractivity contribution in [1.82, 2.24) is 9.88 Å². The fourth-order valence-corrected chi connectivity index (χ4v) is 3.18. The molecule has 1 fully saturated rings. The Morgan fingerprint density at radius 3 is 2.86 bits per heavy atom. The van der Waals surface area contributed by atoms with E-state index >= 15 is 0 Å². The zero-order valence-electron chi connectivity index (χ0n) is 13.1. The minimum Gasteiger partial charge on any atom is -0.383 e. The maximum Gasteiger partial charge on any atom is 0.128 e. The summed E-state index contributed by atoms with van der Waals surface area (Å²) in [5.41, 5.74) is 8.78. The molecular formula is C18H25N3. The van der Waals surface area contributed by atoms with Gasteiger partial charge >= 0.3 is 0 Å². The van der Waals surface area contributed by atoms with Crippen molar-refractivity contribution in [2.75, 3.05) is 18.8 Å². The lowest BCUT2D eigenvalue weighted by atomic mass is 9.85. The fraction of sp³-hybridized carbons (Fsp3) is 0.500. The van der Waals surface area contributed by atoms with E-state index in [1.54, 1.807) is 0 Å². The van der Waals surface area contributed by atoms with Gasteiger partial charge in [0.05, 0.1) is 5.52 Å². The third kappa shape index (κ3) is 3.35. The predicted octanol–water partition coefficient (Wildman–Crippen LogP) is 3.83. The van der Waals surface area contributed by atoms with Gasteiger partial charge in [-0.1, -0.05) is 32.0 Å². The Bertz CT molecular complexity index is 633. The lowest BCUT2D eigenvalue weighted by Crippen LogP contribution is -2.25. The molecule has 1 aromatic heterocycles. The Labute approximate surface area is 127 Å². The van der Waals surface area contributed by atoms with Gasteiger partial charge in [0, 0.05) is 17.5 Å². The third-order valence-electron chi connectivity index (χ3n) is 4.66. The Morgan fingerprint density at radius 1 is 1.19 bits per heavy atom. The number of likely N-dealkylation sites (tertiary alicyclic amines) is 1. The number of aromatic nitrogens is 1. The normalized spacial score (nSPS) is 19.5. The molecule has 2 aromatic rings. The number of hydrogen-bond donors (Lipinski definition) is 1. The van der Waals surface area contributed by atoms with Crippen LogP contribution in [0, 0.1) is 5.41 Å². The number of benzene rings is 1. The minimum atomic E-state index is 0.474. The number of nitrogens with two attached hydrogens (primary N) is 1. The number of para-hydroxylation sites is 1. The van der Waals surface area contributed by atoms with Crippen molar-refractivity contribution >= 4 is 16.7 Å². The van der Waals surface area contributed by atoms with E-state index in [1.807, 2.05) is 12.1 Å². The van der Waals surface area contributed by atoms with Crippen LogP contribution in [0.1, 0.15) is 38.7 Å². The predicted molar refractivity (Wildman–Crippen MR) is 89.1 cm³/mol. The first-order valence-corrected chi connectivity index (χ1v) is 7.90. The van der Waals surface area contributed by atoms with Crippen molar-refractivity contribution in [2.45, 2.75) is 39.7 Å². The zero-order valence-corrected chi connectivity index (χ0v) is 13.1. The van der Waals surface area contributed by atoms with Gasteiger partial charge in [-0.05, 0) is 49.9 Å². The first-order chi connectivity index (χ1) is 10.0. The number of anilines is 1. The molecule has 0 atom stereocenters. The zero-order chi connectivity index (χ0) is 14.9. The van der Waals surface area contributed by atoms with Gasteiger partial charge in [0.15, 0.2) is 0 Å². The highest BCUT2D eigenvalue weighted by molar-refractivity contribution is 5.81. The van der Waals surface area contributed by atoms with E-state index in [1.165, 1.54) is 24.6 Å². The van der Waals surface area contributed by atoms with Crippen molar-refractivity contribution in [3.05, 3.63) is 35.9 Å². The second kappa shape index (κ2) is 5.64. The lowest BCUT2D eigenvalue weighted by Gasteiger charge is -2.23. The van der Waals surface area contributed by atoms with Gasteiger partial charge < -0.3 is 5.73 Å². The van der Waals surface area contributed by atoms with Gasteiger partial charge in [-0.3, -0.25) is 4.90 Å². The quantitative estimate of drug-likeness (QED) is 0.910. The summed E-state index contributed by atoms with van der Waals surface area (Å²) in [6, 6.07) is 10.4. The van der Waals surface area contributed by atoms with Crippen LogP contribution >= 0.6 is 0 Å². The first-order valence-electron chi connectivity index (χ1n) is 7.90. The Hall–Kier alpha value is -1.61. The average Bonchev–Trinajstić information content (AvgIpc) is 2.61. The number of fused-ring (bicyclic) bond motifs is 1. The standard InChI is InChI=1S/C18H25N3/c1-18(2)8-5-10-21(11-9-18)13-15-12-14-6-3-4-7-16(14)20-17(15)19/h3-4,6-7,12H,5,8-11,13H2,1-2H3,(H2,19,20). The van der Waals surface area contributed by atoms with Crippen molar-refractivity contribution in [3.8, 4) is 0 Å². The minimum absolute atomic E-state index is 0.474. The summed E-state index contributed by atoms with van der Waals surface area (Å²) in [6.07, 6.45) is 3.84. The van der Waals surface area contributed by atoms with Crippen LogP contribution < -0.4 is 5.73 Å². The molecule has 0 saturated carbocycles. The smallest absolute Gasteiger partial charge is 0.128 e. The molecule has 3 rings (SSSR count). The van der Waals surface area contributed by atoms with Crippen molar-refractivity contribution in [2.24, 2.45) is 5.41 Å². The van der Waals surface area contributed by atoms with Crippen LogP contribution in [0.3, 0.4) is 0 Å². The van der Waals surface area contributed by atoms with E-state index < -0.39 is 0 Å². The highest BCUT2D eigenvalue weighted by Gasteiger charge is 2.23. The molecule has 2 N–H and O–H groups in total. The molecule has 0 amide bonds. The first kappa shape index (κ1) is 14.3. The van der Waals surface area contributed by atoms with E-state index in [2.05, 4.69) is 41.9 Å². The lowest BCUT2D eigenvalue weighted by molar-refractivity contribution is 0.256. The highest BCUT2D eigenvalue weighted by Crippen LogP contribution is 2.30. The van der Waals surface area contributed by atoms with E-state index in [-0.39, 0.29) is 0 Å². The van der Waals surface area contributed by atoms with Crippen LogP contribution in [0.5, 0.6) is 0 Å². The number of pyridine rings is 1. The molecular weight excluding hydrogens is 258 g/mol. The molecule has 3 heteroatoms. The molecule has 0 bridgehead atoms. The van der Waals surface area contributed by atoms with Crippen molar-refractivity contribution in [1.29, 1.82) is 0 Å². The van der Waals surface area contributed by atoms with Gasteiger partial charge in [0.2, 0.25) is 0 Å². The summed E-state index contributed by atoms with van der Waals surface area (Å²) >= 11 is 0. The summed E-state index contributed by atoms with van der Waals surface area (Å²) in [4.78, 5) is 7.07. The summed E-state index contributed by atoms with van der Waals surface area (Å²) in [5.74, 6) is 0.678. The number of nitrogens with zero attached hydrogens (tertiary/aromatic N) is 2. The van der Waals surface area contributed by atoms with Crippen LogP contribution in [0.2, 0.25) is 0 Å². The SMILES string of the molecule is CC1(C)CCCN(Cc2cc3ccccc3nc2N)CC1. The van der Waals surface area contributed by atoms with E-state index in [4.69, 9.17) is 5.73 Å². The van der Waals surface area contributed by atoms with Gasteiger partial charge in [-0.2, -0.15) is 0 Å². The molecule has 1 aliphatic rings. The van der Waals surface area contributed by atoms with Crippen LogP contribution in [-0.2, 0) is 6.54 Å². The molecule has 0 unspecified atom stereocenters. The number of nitrogen functional groups attached to an aromatic ring is 1. The summed E-state index contributed by atoms with van der Waals surface area (Å²) < 4.78 is 0. The molecule has 21 heavy (non-hydrogen) atoms. The maximum atomic E-state index is 6.16. The van der Waals surface area contributed by atoms with Crippen molar-refractivity contribution in [3.63, 3.8) is 0 Å². The van der Waals surface area contributed by atoms with E-state index in [9.17, 15) is 0 Å². The fourth-order valence-electron chi connectivity index (χ4n) is 3.18. The monoisotopic (exact) mass is 283 g/mol. The Morgan fingerprint density at radius 2 is 2.00 bits per heavy atom. The molecule has 112 valence electrons. The molecule has 1 aromatic carbocycles. The summed E-state index contributed by atoms with van der Waals surface area (Å²) in [6.45, 7) is 7.99. The molecule has 2 heterocycles. The maximum absolute atomic E-state index is 6.16. The summed E-state index contributed by atoms with van der Waals surface area (Å²) in [5, 5.41) is 1.18. The largest absolute Gasteiger partial charge is 0.383 e. The van der Waals surface area contributed by atoms with Gasteiger partial charge in [0.1, 0.15) is 5.82 Å². The molecule has 1 aliphatic heterocycles. The van der Waals surface area contributed by atoms with E-state index in [0.29, 0.717) is 11.2 Å². The second-order valence-electron chi connectivity index (χ2n) is 7.02. The molecule has 1 saturated heterocycles. The number of hydrogen-bond acceptors (Lipinski definition) is 3. The number of rotatable bonds is 2. The van der Waals surface area contributed by atoms with Crippen molar-refractivity contribution < 1.29 is 0 Å². The second-order valence-corrected chi connectivity index (χ2v) is 7.02. The van der Waals surface area contributed by atoms with E-state index in [0.717, 1.165) is 30.7 Å². The Kier molecular flexibility index (Phi) is 3.85. The van der Waals surface area contributed by atoms with Gasteiger partial charge in [0.25, 0.3) is 0 Å². The average molecular weight is 283 g/mol. The Balaban J connectivity index is 1.79. The van der Waals surface area contributed by atoms with Gasteiger partial charge in [-0.15, -0.1) is 0 Å². The molecule has 0 aliphatic carbocycles. The molecule has 0 spiro atoms. The molecule has 0 radical (unpaired) electrons. The summed E-state index contributed by atoms with van der Waals surface area (Å²) in [7, 11) is 0. The van der Waals surface area contributed by atoms with Gasteiger partial charge in [-0.25, -0.2) is 4.98 Å². The van der Waals surface area contributed by atoms with Crippen LogP contribution in [0.15, 0.2) is 30.3 Å². The van der Waals surface area contributed by atoms with Crippen LogP contribution in [-0.4, -0.2) is 23.0 Å². The van der Waals surface area contributed by atoms with Crippen LogP contribution in [0.25, 0.3) is 10.9 Å².